The van der Waals surface area contributed by atoms with Crippen LogP contribution >= 0.6 is 23.2 Å². The number of anilines is 1. The molecule has 6 nitrogen and oxygen atoms in total. The van der Waals surface area contributed by atoms with Crippen molar-refractivity contribution in [1.82, 2.24) is 10.6 Å². The van der Waals surface area contributed by atoms with Crippen molar-refractivity contribution < 1.29 is 19.1 Å². The van der Waals surface area contributed by atoms with Crippen LogP contribution in [-0.4, -0.2) is 40.1 Å². The molecule has 3 atom stereocenters. The van der Waals surface area contributed by atoms with E-state index in [1.165, 1.54) is 6.07 Å². The largest absolute Gasteiger partial charge is 0.390 e. The minimum absolute atomic E-state index is 0.0565. The van der Waals surface area contributed by atoms with E-state index in [4.69, 9.17) is 23.2 Å². The zero-order valence-electron chi connectivity index (χ0n) is 19.8. The molecule has 2 heterocycles. The number of hydrogen-bond donors (Lipinski definition) is 4. The summed E-state index contributed by atoms with van der Waals surface area (Å²) in [5.74, 6) is -2.05. The van der Waals surface area contributed by atoms with Crippen molar-refractivity contribution in [1.29, 1.82) is 0 Å². The smallest absolute Gasteiger partial charge is 0.238 e. The molecule has 0 radical (unpaired) electrons. The summed E-state index contributed by atoms with van der Waals surface area (Å²) in [4.78, 5) is 28.0. The van der Waals surface area contributed by atoms with Crippen LogP contribution in [0.25, 0.3) is 0 Å². The van der Waals surface area contributed by atoms with Crippen LogP contribution < -0.4 is 16.0 Å². The van der Waals surface area contributed by atoms with E-state index in [0.717, 1.165) is 18.4 Å². The normalized spacial score (nSPS) is 34.0. The summed E-state index contributed by atoms with van der Waals surface area (Å²) in [6, 6.07) is 8.96. The molecule has 2 aliphatic carbocycles. The monoisotopic (exact) mass is 531 g/mol. The van der Waals surface area contributed by atoms with Gasteiger partial charge in [0.15, 0.2) is 0 Å². The minimum atomic E-state index is -1.23. The second kappa shape index (κ2) is 8.15. The maximum Gasteiger partial charge on any atom is 0.238 e. The van der Waals surface area contributed by atoms with Gasteiger partial charge in [-0.05, 0) is 61.9 Å². The second-order valence-electron chi connectivity index (χ2n) is 11.1. The fourth-order valence-corrected chi connectivity index (χ4v) is 7.79. The third-order valence-corrected chi connectivity index (χ3v) is 9.30. The first-order valence-electron chi connectivity index (χ1n) is 12.4. The molecule has 2 amide bonds. The van der Waals surface area contributed by atoms with Crippen LogP contribution in [0, 0.1) is 5.82 Å². The van der Waals surface area contributed by atoms with Gasteiger partial charge in [-0.15, -0.1) is 0 Å². The number of halogens is 3. The predicted octanol–water partition coefficient (Wildman–Crippen LogP) is 4.42. The van der Waals surface area contributed by atoms with E-state index in [-0.39, 0.29) is 28.4 Å². The molecular weight excluding hydrogens is 504 g/mol. The van der Waals surface area contributed by atoms with E-state index >= 15 is 4.39 Å². The summed E-state index contributed by atoms with van der Waals surface area (Å²) < 4.78 is 15.7. The quantitative estimate of drug-likeness (QED) is 0.471. The maximum absolute atomic E-state index is 15.7. The van der Waals surface area contributed by atoms with Gasteiger partial charge in [0, 0.05) is 28.2 Å². The molecule has 3 fully saturated rings. The van der Waals surface area contributed by atoms with Gasteiger partial charge in [-0.1, -0.05) is 54.2 Å². The number of fused-ring (bicyclic) bond motifs is 3. The molecule has 2 spiro atoms. The maximum atomic E-state index is 15.7. The molecule has 2 aromatic carbocycles. The third-order valence-electron chi connectivity index (χ3n) is 8.77. The minimum Gasteiger partial charge on any atom is -0.390 e. The highest BCUT2D eigenvalue weighted by molar-refractivity contribution is 6.31. The number of aliphatic hydroxyl groups is 1. The Hall–Kier alpha value is -2.19. The number of hydrogen-bond acceptors (Lipinski definition) is 4. The van der Waals surface area contributed by atoms with E-state index in [0.29, 0.717) is 36.4 Å². The van der Waals surface area contributed by atoms with Crippen molar-refractivity contribution in [3.05, 3.63) is 63.4 Å². The molecule has 9 heteroatoms. The fourth-order valence-electron chi connectivity index (χ4n) is 7.44. The molecule has 6 rings (SSSR count). The number of carbonyl (C=O) groups is 2. The lowest BCUT2D eigenvalue weighted by molar-refractivity contribution is -0.127. The van der Waals surface area contributed by atoms with Crippen molar-refractivity contribution in [3.8, 4) is 0 Å². The summed E-state index contributed by atoms with van der Waals surface area (Å²) in [7, 11) is 0. The highest BCUT2D eigenvalue weighted by atomic mass is 35.5. The average molecular weight is 532 g/mol. The van der Waals surface area contributed by atoms with Crippen molar-refractivity contribution in [2.24, 2.45) is 0 Å². The van der Waals surface area contributed by atoms with Gasteiger partial charge in [0.1, 0.15) is 11.2 Å². The molecule has 4 aliphatic rings. The Labute approximate surface area is 218 Å². The first-order valence-corrected chi connectivity index (χ1v) is 13.2. The van der Waals surface area contributed by atoms with Crippen LogP contribution in [0.2, 0.25) is 10.0 Å². The highest BCUT2D eigenvalue weighted by Crippen LogP contribution is 2.63. The number of rotatable bonds is 3. The van der Waals surface area contributed by atoms with Gasteiger partial charge in [-0.2, -0.15) is 0 Å². The zero-order chi connectivity index (χ0) is 25.5. The van der Waals surface area contributed by atoms with E-state index < -0.39 is 34.3 Å². The van der Waals surface area contributed by atoms with Crippen LogP contribution in [0.1, 0.15) is 62.5 Å². The van der Waals surface area contributed by atoms with Crippen LogP contribution in [0.4, 0.5) is 10.1 Å². The Morgan fingerprint density at radius 2 is 1.89 bits per heavy atom. The molecule has 1 saturated heterocycles. The number of carbonyl (C=O) groups excluding carboxylic acids is 2. The number of benzene rings is 2. The van der Waals surface area contributed by atoms with E-state index in [1.54, 1.807) is 31.2 Å². The molecule has 0 aromatic heterocycles. The van der Waals surface area contributed by atoms with E-state index in [1.807, 2.05) is 6.07 Å². The molecule has 2 aliphatic heterocycles. The second-order valence-corrected chi connectivity index (χ2v) is 11.9. The average Bonchev–Trinajstić information content (AvgIpc) is 3.46. The van der Waals surface area contributed by atoms with Crippen LogP contribution in [-0.2, 0) is 15.0 Å². The Bertz CT molecular complexity index is 1270. The summed E-state index contributed by atoms with van der Waals surface area (Å²) >= 11 is 12.5. The Kier molecular flexibility index (Phi) is 5.47. The summed E-state index contributed by atoms with van der Waals surface area (Å²) in [6.45, 7) is 1.74. The summed E-state index contributed by atoms with van der Waals surface area (Å²) in [5.41, 5.74) is -1.25. The SMILES string of the molecule is CC1(O)CC(NC(=O)[C@@H]2NC3(CCCC3)[C@@]3(C(=O)Nc4cc(Cl)ccc43)[C@H]2c2cccc(Cl)c2F)C1. The predicted molar refractivity (Wildman–Crippen MR) is 136 cm³/mol. The first kappa shape index (κ1) is 24.2. The van der Waals surface area contributed by atoms with Crippen molar-refractivity contribution in [2.45, 2.75) is 80.0 Å². The Morgan fingerprint density at radius 1 is 1.17 bits per heavy atom. The molecule has 36 heavy (non-hydrogen) atoms. The zero-order valence-corrected chi connectivity index (χ0v) is 21.3. The number of amides is 2. The standard InChI is InChI=1S/C27H28Cl2FN3O3/c1-25(36)12-15(13-25)31-23(34)22-20(16-5-4-6-18(29)21(16)30)27(26(33-22)9-2-3-10-26)17-8-7-14(28)11-19(17)32-24(27)35/h4-8,11,15,20,22,33,36H,2-3,9-10,12-13H2,1H3,(H,31,34)(H,32,35)/t15?,20-,22+,25?,27+/m0/s1. The van der Waals surface area contributed by atoms with Gasteiger partial charge in [0.25, 0.3) is 0 Å². The fraction of sp³-hybridized carbons (Fsp3) is 0.481. The molecule has 2 aromatic rings. The Balaban J connectivity index is 1.55. The lowest BCUT2D eigenvalue weighted by atomic mass is 9.58. The number of nitrogens with one attached hydrogen (secondary N) is 3. The van der Waals surface area contributed by atoms with Gasteiger partial charge in [0.05, 0.1) is 16.7 Å². The molecule has 190 valence electrons. The van der Waals surface area contributed by atoms with Gasteiger partial charge in [-0.3, -0.25) is 14.9 Å². The molecule has 0 unspecified atom stereocenters. The van der Waals surface area contributed by atoms with Crippen LogP contribution in [0.5, 0.6) is 0 Å². The third kappa shape index (κ3) is 3.29. The Morgan fingerprint density at radius 3 is 2.58 bits per heavy atom. The summed E-state index contributed by atoms with van der Waals surface area (Å²) in [6.07, 6.45) is 4.00. The van der Waals surface area contributed by atoms with E-state index in [2.05, 4.69) is 16.0 Å². The molecule has 0 bridgehead atoms. The molecule has 4 N–H and O–H groups in total. The van der Waals surface area contributed by atoms with Gasteiger partial charge >= 0.3 is 0 Å². The topological polar surface area (TPSA) is 90.5 Å². The first-order chi connectivity index (χ1) is 17.1. The van der Waals surface area contributed by atoms with E-state index in [9.17, 15) is 14.7 Å². The van der Waals surface area contributed by atoms with Gasteiger partial charge < -0.3 is 15.7 Å². The summed E-state index contributed by atoms with van der Waals surface area (Å²) in [5, 5.41) is 20.2. The highest BCUT2D eigenvalue weighted by Gasteiger charge is 2.73. The van der Waals surface area contributed by atoms with Crippen molar-refractivity contribution in [2.75, 3.05) is 5.32 Å². The van der Waals surface area contributed by atoms with Gasteiger partial charge in [0.2, 0.25) is 11.8 Å². The lowest BCUT2D eigenvalue weighted by Crippen LogP contribution is -2.58. The molecule has 2 saturated carbocycles. The van der Waals surface area contributed by atoms with Crippen molar-refractivity contribution >= 4 is 40.7 Å². The van der Waals surface area contributed by atoms with Crippen molar-refractivity contribution in [3.63, 3.8) is 0 Å². The lowest BCUT2D eigenvalue weighted by Gasteiger charge is -2.42. The molecular formula is C27H28Cl2FN3O3. The van der Waals surface area contributed by atoms with Crippen LogP contribution in [0.3, 0.4) is 0 Å². The van der Waals surface area contributed by atoms with Crippen LogP contribution in [0.15, 0.2) is 36.4 Å². The van der Waals surface area contributed by atoms with Gasteiger partial charge in [-0.25, -0.2) is 4.39 Å².